The molecular weight excluding hydrogens is 555 g/mol. The van der Waals surface area contributed by atoms with Gasteiger partial charge in [0.2, 0.25) is 0 Å². The second kappa shape index (κ2) is 12.8. The Hall–Kier alpha value is -4.76. The molecule has 2 heterocycles. The van der Waals surface area contributed by atoms with Crippen molar-refractivity contribution in [3.63, 3.8) is 0 Å². The molecule has 0 spiro atoms. The molecule has 0 saturated carbocycles. The van der Waals surface area contributed by atoms with Crippen LogP contribution in [0.25, 0.3) is 11.8 Å². The summed E-state index contributed by atoms with van der Waals surface area (Å²) >= 11 is 1.20. The molecule has 1 aromatic heterocycles. The maximum Gasteiger partial charge on any atom is 0.338 e. The van der Waals surface area contributed by atoms with Crippen LogP contribution in [0, 0.1) is 5.82 Å². The number of hydrogen-bond donors (Lipinski definition) is 0. The average Bonchev–Trinajstić information content (AvgIpc) is 3.31. The van der Waals surface area contributed by atoms with Crippen molar-refractivity contribution in [2.45, 2.75) is 19.9 Å². The number of halogens is 1. The van der Waals surface area contributed by atoms with Crippen molar-refractivity contribution in [1.82, 2.24) is 4.57 Å². The summed E-state index contributed by atoms with van der Waals surface area (Å²) in [4.78, 5) is 32.7. The minimum absolute atomic E-state index is 0.139. The van der Waals surface area contributed by atoms with Gasteiger partial charge in [0.1, 0.15) is 12.4 Å². The van der Waals surface area contributed by atoms with Gasteiger partial charge in [-0.25, -0.2) is 14.2 Å². The van der Waals surface area contributed by atoms with E-state index in [1.165, 1.54) is 28.0 Å². The third-order valence-electron chi connectivity index (χ3n) is 6.48. The number of esters is 1. The van der Waals surface area contributed by atoms with E-state index in [2.05, 4.69) is 6.58 Å². The molecule has 0 aliphatic carbocycles. The number of carbonyl (C=O) groups excluding carboxylic acids is 1. The molecule has 1 atom stereocenters. The van der Waals surface area contributed by atoms with Crippen molar-refractivity contribution in [3.05, 3.63) is 133 Å². The lowest BCUT2D eigenvalue weighted by molar-refractivity contribution is -0.138. The third-order valence-corrected chi connectivity index (χ3v) is 7.46. The van der Waals surface area contributed by atoms with Crippen LogP contribution >= 0.6 is 11.3 Å². The smallest absolute Gasteiger partial charge is 0.338 e. The zero-order valence-electron chi connectivity index (χ0n) is 23.2. The molecule has 214 valence electrons. The maximum absolute atomic E-state index is 14.0. The van der Waals surface area contributed by atoms with E-state index in [1.54, 1.807) is 43.3 Å². The van der Waals surface area contributed by atoms with Crippen molar-refractivity contribution in [2.24, 2.45) is 4.99 Å². The van der Waals surface area contributed by atoms with Gasteiger partial charge in [-0.15, -0.1) is 0 Å². The Morgan fingerprint density at radius 3 is 2.48 bits per heavy atom. The Morgan fingerprint density at radius 2 is 1.79 bits per heavy atom. The van der Waals surface area contributed by atoms with E-state index in [0.717, 1.165) is 5.56 Å². The Morgan fingerprint density at radius 1 is 1.02 bits per heavy atom. The van der Waals surface area contributed by atoms with Crippen LogP contribution in [0.15, 0.2) is 101 Å². The largest absolute Gasteiger partial charge is 0.490 e. The normalized spacial score (nSPS) is 14.6. The zero-order chi connectivity index (χ0) is 29.6. The summed E-state index contributed by atoms with van der Waals surface area (Å²) < 4.78 is 32.8. The molecular formula is C33H29FN2O5S. The van der Waals surface area contributed by atoms with Crippen LogP contribution in [-0.2, 0) is 9.53 Å². The predicted molar refractivity (Wildman–Crippen MR) is 161 cm³/mol. The van der Waals surface area contributed by atoms with Gasteiger partial charge in [-0.05, 0) is 55.3 Å². The molecule has 5 rings (SSSR count). The van der Waals surface area contributed by atoms with E-state index in [1.807, 2.05) is 43.3 Å². The van der Waals surface area contributed by atoms with Gasteiger partial charge in [-0.2, -0.15) is 0 Å². The van der Waals surface area contributed by atoms with Gasteiger partial charge < -0.3 is 14.2 Å². The minimum atomic E-state index is -0.882. The van der Waals surface area contributed by atoms with Gasteiger partial charge in [-0.1, -0.05) is 72.5 Å². The van der Waals surface area contributed by atoms with E-state index in [4.69, 9.17) is 19.2 Å². The molecule has 0 fully saturated rings. The number of nitrogens with zero attached hydrogens (tertiary/aromatic N) is 2. The molecule has 9 heteroatoms. The van der Waals surface area contributed by atoms with Crippen molar-refractivity contribution in [1.29, 1.82) is 0 Å². The lowest BCUT2D eigenvalue weighted by Crippen LogP contribution is -2.40. The molecule has 0 N–H and O–H groups in total. The second-order valence-corrected chi connectivity index (χ2v) is 10.2. The average molecular weight is 585 g/mol. The van der Waals surface area contributed by atoms with E-state index >= 15 is 0 Å². The van der Waals surface area contributed by atoms with E-state index in [9.17, 15) is 14.0 Å². The summed E-state index contributed by atoms with van der Waals surface area (Å²) in [6, 6.07) is 19.5. The van der Waals surface area contributed by atoms with Crippen LogP contribution in [0.5, 0.6) is 11.5 Å². The fourth-order valence-corrected chi connectivity index (χ4v) is 5.70. The topological polar surface area (TPSA) is 79.1 Å². The first-order valence-electron chi connectivity index (χ1n) is 13.5. The minimum Gasteiger partial charge on any atom is -0.490 e. The fourth-order valence-electron chi connectivity index (χ4n) is 4.70. The first-order valence-corrected chi connectivity index (χ1v) is 14.3. The van der Waals surface area contributed by atoms with Crippen molar-refractivity contribution in [2.75, 3.05) is 19.8 Å². The monoisotopic (exact) mass is 584 g/mol. The molecule has 1 aliphatic rings. The van der Waals surface area contributed by atoms with Crippen molar-refractivity contribution >= 4 is 29.1 Å². The van der Waals surface area contributed by atoms with Crippen LogP contribution in [-0.4, -0.2) is 30.4 Å². The van der Waals surface area contributed by atoms with Crippen LogP contribution in [0.2, 0.25) is 0 Å². The zero-order valence-corrected chi connectivity index (χ0v) is 24.0. The fraction of sp³-hybridized carbons (Fsp3) is 0.182. The standard InChI is InChI=1S/C33H29FN2O5S/c1-4-18-41-25-17-12-21(19-26(25)39-5-2)20-27-31(37)36-30(23-13-15-24(34)16-14-23)28(32(38)40-6-3)29(35-33(36)42-27)22-10-8-7-9-11-22/h4,7-17,19-20,30H,1,5-6,18H2,2-3H3/b27-20-/t30-/m0/s1. The van der Waals surface area contributed by atoms with Crippen LogP contribution in [0.1, 0.15) is 36.6 Å². The highest BCUT2D eigenvalue weighted by Crippen LogP contribution is 2.35. The third kappa shape index (κ3) is 5.82. The first-order chi connectivity index (χ1) is 20.4. The predicted octanol–water partition coefficient (Wildman–Crippen LogP) is 5.04. The number of rotatable bonds is 10. The molecule has 4 aromatic rings. The maximum atomic E-state index is 14.0. The Balaban J connectivity index is 1.74. The van der Waals surface area contributed by atoms with E-state index in [-0.39, 0.29) is 17.7 Å². The number of benzene rings is 3. The number of hydrogen-bond acceptors (Lipinski definition) is 7. The van der Waals surface area contributed by atoms with Gasteiger partial charge >= 0.3 is 5.97 Å². The molecule has 0 unspecified atom stereocenters. The molecule has 0 amide bonds. The highest BCUT2D eigenvalue weighted by molar-refractivity contribution is 7.07. The van der Waals surface area contributed by atoms with E-state index < -0.39 is 17.8 Å². The number of aromatic nitrogens is 1. The Labute approximate surface area is 246 Å². The Kier molecular flexibility index (Phi) is 8.78. The molecule has 42 heavy (non-hydrogen) atoms. The number of fused-ring (bicyclic) bond motifs is 1. The highest BCUT2D eigenvalue weighted by atomic mass is 32.1. The van der Waals surface area contributed by atoms with Gasteiger partial charge in [0.05, 0.1) is 35.1 Å². The van der Waals surface area contributed by atoms with Crippen LogP contribution < -0.4 is 24.4 Å². The summed E-state index contributed by atoms with van der Waals surface area (Å²) in [6.45, 7) is 8.18. The number of thiazole rings is 1. The molecule has 0 saturated heterocycles. The van der Waals surface area contributed by atoms with Gasteiger partial charge in [0, 0.05) is 5.56 Å². The summed E-state index contributed by atoms with van der Waals surface area (Å²) in [5, 5.41) is 0. The first kappa shape index (κ1) is 28.8. The van der Waals surface area contributed by atoms with Crippen molar-refractivity contribution < 1.29 is 23.4 Å². The van der Waals surface area contributed by atoms with Gasteiger partial charge in [0.25, 0.3) is 5.56 Å². The quantitative estimate of drug-likeness (QED) is 0.193. The van der Waals surface area contributed by atoms with Crippen molar-refractivity contribution in [3.8, 4) is 11.5 Å². The van der Waals surface area contributed by atoms with Crippen LogP contribution in [0.4, 0.5) is 4.39 Å². The Bertz CT molecular complexity index is 1820. The SMILES string of the molecule is C=CCOc1ccc(/C=c2\sc3n(c2=O)[C@@H](c2ccc(F)cc2)C(C(=O)OCC)=C(c2ccccc2)N=3)cc1OCC. The number of carbonyl (C=O) groups is 1. The molecule has 0 bridgehead atoms. The summed E-state index contributed by atoms with van der Waals surface area (Å²) in [5.41, 5.74) is 2.24. The molecule has 7 nitrogen and oxygen atoms in total. The lowest BCUT2D eigenvalue weighted by atomic mass is 9.93. The molecule has 1 aliphatic heterocycles. The number of ether oxygens (including phenoxy) is 3. The summed E-state index contributed by atoms with van der Waals surface area (Å²) in [5.74, 6) is 0.0844. The lowest BCUT2D eigenvalue weighted by Gasteiger charge is -2.25. The second-order valence-electron chi connectivity index (χ2n) is 9.22. The summed E-state index contributed by atoms with van der Waals surface area (Å²) in [6.07, 6.45) is 3.40. The molecule has 3 aromatic carbocycles. The van der Waals surface area contributed by atoms with Gasteiger partial charge in [0.15, 0.2) is 16.3 Å². The van der Waals surface area contributed by atoms with Crippen LogP contribution in [0.3, 0.4) is 0 Å². The highest BCUT2D eigenvalue weighted by Gasteiger charge is 2.35. The van der Waals surface area contributed by atoms with E-state index in [0.29, 0.717) is 50.9 Å². The summed E-state index contributed by atoms with van der Waals surface area (Å²) in [7, 11) is 0. The molecule has 0 radical (unpaired) electrons. The van der Waals surface area contributed by atoms with Gasteiger partial charge in [-0.3, -0.25) is 9.36 Å².